The highest BCUT2D eigenvalue weighted by molar-refractivity contribution is 7.12. The smallest absolute Gasteiger partial charge is 0.323 e. The number of aryl methyl sites for hydroxylation is 1. The number of carbonyl (C=O) groups is 3. The molecule has 0 saturated carbocycles. The monoisotopic (exact) mass is 270 g/mol. The number of rotatable bonds is 6. The van der Waals surface area contributed by atoms with Crippen LogP contribution in [-0.4, -0.2) is 40.9 Å². The van der Waals surface area contributed by atoms with Gasteiger partial charge in [-0.1, -0.05) is 6.92 Å². The molecule has 18 heavy (non-hydrogen) atoms. The molecule has 7 heteroatoms. The summed E-state index contributed by atoms with van der Waals surface area (Å²) in [5.74, 6) is -2.39. The average molecular weight is 270 g/mol. The first-order valence-electron chi connectivity index (χ1n) is 5.31. The lowest BCUT2D eigenvalue weighted by Crippen LogP contribution is -2.41. The molecule has 0 radical (unpaired) electrons. The zero-order chi connectivity index (χ0) is 13.7. The SMILES string of the molecule is CCc1ccsc1C(=O)N(CC(N)=O)CC(=O)O. The van der Waals surface area contributed by atoms with Gasteiger partial charge in [0.05, 0.1) is 4.88 Å². The van der Waals surface area contributed by atoms with Crippen molar-refractivity contribution in [3.8, 4) is 0 Å². The number of carboxylic acids is 1. The number of carboxylic acid groups (broad SMARTS) is 1. The van der Waals surface area contributed by atoms with E-state index in [1.807, 2.05) is 6.92 Å². The zero-order valence-electron chi connectivity index (χ0n) is 9.88. The minimum Gasteiger partial charge on any atom is -0.480 e. The van der Waals surface area contributed by atoms with Crippen LogP contribution in [-0.2, 0) is 16.0 Å². The number of nitrogens with two attached hydrogens (primary N) is 1. The first kappa shape index (κ1) is 14.2. The molecule has 1 aromatic heterocycles. The van der Waals surface area contributed by atoms with Gasteiger partial charge in [0, 0.05) is 0 Å². The second-order valence-corrected chi connectivity index (χ2v) is 4.57. The standard InChI is InChI=1S/C11H14N2O4S/c1-2-7-3-4-18-10(7)11(17)13(5-8(12)14)6-9(15)16/h3-4H,2,5-6H2,1H3,(H2,12,14)(H,15,16). The van der Waals surface area contributed by atoms with E-state index < -0.39 is 30.9 Å². The van der Waals surface area contributed by atoms with E-state index in [2.05, 4.69) is 0 Å². The van der Waals surface area contributed by atoms with E-state index in [1.54, 1.807) is 11.4 Å². The Hall–Kier alpha value is -1.89. The van der Waals surface area contributed by atoms with Crippen molar-refractivity contribution in [1.29, 1.82) is 0 Å². The third kappa shape index (κ3) is 3.56. The molecule has 1 heterocycles. The van der Waals surface area contributed by atoms with Gasteiger partial charge in [-0.2, -0.15) is 0 Å². The van der Waals surface area contributed by atoms with Crippen molar-refractivity contribution in [2.24, 2.45) is 5.73 Å². The van der Waals surface area contributed by atoms with Crippen LogP contribution in [0.5, 0.6) is 0 Å². The van der Waals surface area contributed by atoms with Crippen LogP contribution in [0.3, 0.4) is 0 Å². The summed E-state index contributed by atoms with van der Waals surface area (Å²) in [5, 5.41) is 10.5. The third-order valence-electron chi connectivity index (χ3n) is 2.28. The summed E-state index contributed by atoms with van der Waals surface area (Å²) in [4.78, 5) is 35.1. The van der Waals surface area contributed by atoms with Gasteiger partial charge in [0.15, 0.2) is 0 Å². The lowest BCUT2D eigenvalue weighted by Gasteiger charge is -2.18. The molecule has 0 aromatic carbocycles. The van der Waals surface area contributed by atoms with Gasteiger partial charge in [-0.05, 0) is 23.4 Å². The molecule has 0 unspecified atom stereocenters. The molecule has 1 aromatic rings. The van der Waals surface area contributed by atoms with Crippen molar-refractivity contribution in [3.05, 3.63) is 21.9 Å². The first-order valence-corrected chi connectivity index (χ1v) is 6.19. The van der Waals surface area contributed by atoms with Crippen LogP contribution in [0.4, 0.5) is 0 Å². The maximum atomic E-state index is 12.1. The number of amides is 2. The van der Waals surface area contributed by atoms with Gasteiger partial charge >= 0.3 is 5.97 Å². The second kappa shape index (κ2) is 6.15. The van der Waals surface area contributed by atoms with Gasteiger partial charge in [-0.25, -0.2) is 0 Å². The molecule has 6 nitrogen and oxygen atoms in total. The lowest BCUT2D eigenvalue weighted by atomic mass is 10.2. The quantitative estimate of drug-likeness (QED) is 0.777. The molecule has 2 amide bonds. The van der Waals surface area contributed by atoms with Crippen molar-refractivity contribution in [3.63, 3.8) is 0 Å². The summed E-state index contributed by atoms with van der Waals surface area (Å²) in [6.07, 6.45) is 0.669. The van der Waals surface area contributed by atoms with Gasteiger partial charge in [0.1, 0.15) is 13.1 Å². The topological polar surface area (TPSA) is 101 Å². The Morgan fingerprint density at radius 1 is 1.39 bits per heavy atom. The maximum absolute atomic E-state index is 12.1. The van der Waals surface area contributed by atoms with E-state index in [0.29, 0.717) is 11.3 Å². The molecule has 0 atom stereocenters. The number of primary amides is 1. The lowest BCUT2D eigenvalue weighted by molar-refractivity contribution is -0.138. The Bertz CT molecular complexity index is 453. The van der Waals surface area contributed by atoms with E-state index in [0.717, 1.165) is 10.5 Å². The van der Waals surface area contributed by atoms with Crippen LogP contribution in [0, 0.1) is 0 Å². The fourth-order valence-corrected chi connectivity index (χ4v) is 2.46. The number of thiophene rings is 1. The van der Waals surface area contributed by atoms with Gasteiger partial charge in [0.2, 0.25) is 5.91 Å². The first-order chi connectivity index (χ1) is 8.45. The molecule has 0 aliphatic heterocycles. The number of carbonyl (C=O) groups excluding carboxylic acids is 2. The van der Waals surface area contributed by atoms with Crippen molar-refractivity contribution < 1.29 is 19.5 Å². The number of hydrogen-bond donors (Lipinski definition) is 2. The van der Waals surface area contributed by atoms with E-state index in [9.17, 15) is 14.4 Å². The highest BCUT2D eigenvalue weighted by atomic mass is 32.1. The van der Waals surface area contributed by atoms with Crippen LogP contribution in [0.1, 0.15) is 22.2 Å². The molecule has 0 fully saturated rings. The van der Waals surface area contributed by atoms with Gasteiger partial charge in [-0.3, -0.25) is 14.4 Å². The van der Waals surface area contributed by atoms with Crippen LogP contribution < -0.4 is 5.73 Å². The fourth-order valence-electron chi connectivity index (χ4n) is 1.50. The summed E-state index contributed by atoms with van der Waals surface area (Å²) < 4.78 is 0. The average Bonchev–Trinajstić information content (AvgIpc) is 2.73. The van der Waals surface area contributed by atoms with Crippen LogP contribution in [0.15, 0.2) is 11.4 Å². The number of aliphatic carboxylic acids is 1. The molecule has 0 saturated heterocycles. The molecule has 0 aliphatic carbocycles. The largest absolute Gasteiger partial charge is 0.480 e. The highest BCUT2D eigenvalue weighted by Crippen LogP contribution is 2.19. The van der Waals surface area contributed by atoms with Crippen LogP contribution in [0.25, 0.3) is 0 Å². The summed E-state index contributed by atoms with van der Waals surface area (Å²) in [7, 11) is 0. The fraction of sp³-hybridized carbons (Fsp3) is 0.364. The van der Waals surface area contributed by atoms with Gasteiger partial charge in [-0.15, -0.1) is 11.3 Å². The third-order valence-corrected chi connectivity index (χ3v) is 3.23. The predicted octanol–water partition coefficient (Wildman–Crippen LogP) is 0.323. The number of nitrogens with zero attached hydrogens (tertiary/aromatic N) is 1. The van der Waals surface area contributed by atoms with Crippen LogP contribution >= 0.6 is 11.3 Å². The van der Waals surface area contributed by atoms with Crippen molar-refractivity contribution in [2.75, 3.05) is 13.1 Å². The highest BCUT2D eigenvalue weighted by Gasteiger charge is 2.23. The van der Waals surface area contributed by atoms with E-state index in [1.165, 1.54) is 11.3 Å². The predicted molar refractivity (Wildman–Crippen MR) is 66.4 cm³/mol. The molecule has 0 bridgehead atoms. The molecule has 1 rings (SSSR count). The Morgan fingerprint density at radius 3 is 2.56 bits per heavy atom. The molecule has 0 aliphatic rings. The van der Waals surface area contributed by atoms with E-state index >= 15 is 0 Å². The zero-order valence-corrected chi connectivity index (χ0v) is 10.7. The Morgan fingerprint density at radius 2 is 2.06 bits per heavy atom. The molecule has 3 N–H and O–H groups in total. The Balaban J connectivity index is 2.94. The summed E-state index contributed by atoms with van der Waals surface area (Å²) in [6.45, 7) is 0.962. The van der Waals surface area contributed by atoms with Gasteiger partial charge < -0.3 is 15.7 Å². The molecule has 0 spiro atoms. The van der Waals surface area contributed by atoms with Crippen molar-refractivity contribution >= 4 is 29.1 Å². The minimum atomic E-state index is -1.18. The number of hydrogen-bond acceptors (Lipinski definition) is 4. The minimum absolute atomic E-state index is 0.397. The Labute approximate surface area is 108 Å². The molecule has 98 valence electrons. The van der Waals surface area contributed by atoms with E-state index in [-0.39, 0.29) is 0 Å². The molecular formula is C11H14N2O4S. The van der Waals surface area contributed by atoms with E-state index in [4.69, 9.17) is 10.8 Å². The molecular weight excluding hydrogens is 256 g/mol. The maximum Gasteiger partial charge on any atom is 0.323 e. The van der Waals surface area contributed by atoms with Crippen molar-refractivity contribution in [1.82, 2.24) is 4.90 Å². The van der Waals surface area contributed by atoms with Crippen LogP contribution in [0.2, 0.25) is 0 Å². The Kier molecular flexibility index (Phi) is 4.85. The summed E-state index contributed by atoms with van der Waals surface area (Å²) in [5.41, 5.74) is 5.85. The van der Waals surface area contributed by atoms with Crippen molar-refractivity contribution in [2.45, 2.75) is 13.3 Å². The van der Waals surface area contributed by atoms with Gasteiger partial charge in [0.25, 0.3) is 5.91 Å². The second-order valence-electron chi connectivity index (χ2n) is 3.65. The summed E-state index contributed by atoms with van der Waals surface area (Å²) in [6, 6.07) is 1.81. The normalized spacial score (nSPS) is 10.1. The summed E-state index contributed by atoms with van der Waals surface area (Å²) >= 11 is 1.23.